The number of carbonyl (C=O) groups excluding carboxylic acids is 2. The number of unbranched alkanes of at least 4 members (excludes halogenated alkanes) is 14. The number of ketones is 1. The number of nitrogens with zero attached hydrogens (tertiary/aromatic N) is 1. The highest BCUT2D eigenvalue weighted by Gasteiger charge is 2.28. The van der Waals surface area contributed by atoms with Crippen LogP contribution in [0.5, 0.6) is 0 Å². The average molecular weight is 823 g/mol. The van der Waals surface area contributed by atoms with E-state index in [1.165, 1.54) is 70.6 Å². The van der Waals surface area contributed by atoms with Gasteiger partial charge in [0.25, 0.3) is 0 Å². The van der Waals surface area contributed by atoms with Gasteiger partial charge in [0.1, 0.15) is 19.8 Å². The predicted octanol–water partition coefficient (Wildman–Crippen LogP) is 10.9. The first-order valence-corrected chi connectivity index (χ1v) is 23.6. The molecule has 0 aromatic rings. The molecular formula is C46H81NO9P+. The lowest BCUT2D eigenvalue weighted by Gasteiger charge is -2.24. The molecule has 0 aromatic carbocycles. The lowest BCUT2D eigenvalue weighted by Crippen LogP contribution is -2.37. The minimum absolute atomic E-state index is 0.0206. The molecule has 1 aliphatic rings. The van der Waals surface area contributed by atoms with E-state index in [0.717, 1.165) is 32.1 Å². The number of hydrogen-bond donors (Lipinski definition) is 2. The van der Waals surface area contributed by atoms with E-state index in [9.17, 15) is 24.2 Å². The van der Waals surface area contributed by atoms with Gasteiger partial charge in [-0.05, 0) is 82.3 Å². The van der Waals surface area contributed by atoms with E-state index in [4.69, 9.17) is 18.5 Å². The highest BCUT2D eigenvalue weighted by atomic mass is 31.2. The molecule has 0 bridgehead atoms. The molecule has 0 saturated heterocycles. The van der Waals surface area contributed by atoms with Crippen LogP contribution in [-0.2, 0) is 32.7 Å². The van der Waals surface area contributed by atoms with E-state index >= 15 is 0 Å². The first-order valence-electron chi connectivity index (χ1n) is 22.1. The Morgan fingerprint density at radius 2 is 1.40 bits per heavy atom. The highest BCUT2D eigenvalue weighted by molar-refractivity contribution is 7.47. The molecule has 11 heteroatoms. The molecule has 328 valence electrons. The molecule has 0 saturated carbocycles. The Hall–Kier alpha value is -2.33. The van der Waals surface area contributed by atoms with Crippen molar-refractivity contribution in [2.24, 2.45) is 11.8 Å². The zero-order chi connectivity index (χ0) is 42.0. The highest BCUT2D eigenvalue weighted by Crippen LogP contribution is 2.43. The van der Waals surface area contributed by atoms with Crippen molar-refractivity contribution in [3.63, 3.8) is 0 Å². The van der Waals surface area contributed by atoms with Crippen molar-refractivity contribution >= 4 is 19.6 Å². The maximum atomic E-state index is 12.8. The zero-order valence-corrected chi connectivity index (χ0v) is 37.3. The van der Waals surface area contributed by atoms with Crippen LogP contribution in [-0.4, -0.2) is 86.0 Å². The quantitative estimate of drug-likeness (QED) is 0.0157. The minimum Gasteiger partial charge on any atom is -0.498 e. The summed E-state index contributed by atoms with van der Waals surface area (Å²) in [7, 11) is 1.50. The fourth-order valence-corrected chi connectivity index (χ4v) is 7.01. The summed E-state index contributed by atoms with van der Waals surface area (Å²) in [4.78, 5) is 35.4. The largest absolute Gasteiger partial charge is 0.498 e. The maximum Gasteiger partial charge on any atom is 0.472 e. The lowest BCUT2D eigenvalue weighted by atomic mass is 9.90. The predicted molar refractivity (Wildman–Crippen MR) is 232 cm³/mol. The van der Waals surface area contributed by atoms with Gasteiger partial charge in [-0.15, -0.1) is 0 Å². The Kier molecular flexibility index (Phi) is 31.0. The van der Waals surface area contributed by atoms with E-state index in [2.05, 4.69) is 26.0 Å². The number of likely N-dealkylation sites (N-methyl/N-ethyl adjacent to an activating group) is 1. The summed E-state index contributed by atoms with van der Waals surface area (Å²) in [6.07, 6.45) is 39.7. The van der Waals surface area contributed by atoms with Gasteiger partial charge in [-0.1, -0.05) is 121 Å². The van der Waals surface area contributed by atoms with Crippen LogP contribution in [0.4, 0.5) is 0 Å². The smallest absolute Gasteiger partial charge is 0.472 e. The molecule has 5 atom stereocenters. The number of phosphoric ester groups is 1. The Morgan fingerprint density at radius 1 is 0.807 bits per heavy atom. The molecule has 0 fully saturated rings. The minimum atomic E-state index is -4.35. The first-order chi connectivity index (χ1) is 27.4. The van der Waals surface area contributed by atoms with Crippen molar-refractivity contribution in [3.05, 3.63) is 60.9 Å². The van der Waals surface area contributed by atoms with Gasteiger partial charge < -0.3 is 24.0 Å². The normalized spacial score (nSPS) is 18.4. The van der Waals surface area contributed by atoms with Crippen molar-refractivity contribution < 1.29 is 47.2 Å². The number of quaternary nitrogens is 1. The van der Waals surface area contributed by atoms with Crippen molar-refractivity contribution in [1.29, 1.82) is 0 Å². The third kappa shape index (κ3) is 31.3. The number of hydrogen-bond acceptors (Lipinski definition) is 8. The van der Waals surface area contributed by atoms with Gasteiger partial charge in [0, 0.05) is 12.3 Å². The van der Waals surface area contributed by atoms with Gasteiger partial charge >= 0.3 is 13.8 Å². The fourth-order valence-electron chi connectivity index (χ4n) is 6.27. The van der Waals surface area contributed by atoms with Crippen LogP contribution in [0.2, 0.25) is 0 Å². The second-order valence-corrected chi connectivity index (χ2v) is 17.9. The molecule has 1 aliphatic carbocycles. The van der Waals surface area contributed by atoms with Crippen LogP contribution in [0.25, 0.3) is 0 Å². The number of allylic oxidation sites excluding steroid dienone is 8. The van der Waals surface area contributed by atoms with Crippen LogP contribution in [0.15, 0.2) is 60.9 Å². The number of esters is 1. The number of aliphatic hydroxyl groups excluding tert-OH is 1. The number of ether oxygens (including phenoxy) is 2. The summed E-state index contributed by atoms with van der Waals surface area (Å²) < 4.78 is 34.7. The second-order valence-electron chi connectivity index (χ2n) is 16.4. The van der Waals surface area contributed by atoms with Gasteiger partial charge in [-0.2, -0.15) is 0 Å². The molecule has 0 amide bonds. The second kappa shape index (κ2) is 33.5. The maximum absolute atomic E-state index is 12.8. The first kappa shape index (κ1) is 52.7. The fraction of sp³-hybridized carbons (Fsp3) is 0.739. The van der Waals surface area contributed by atoms with Crippen LogP contribution in [0.1, 0.15) is 149 Å². The monoisotopic (exact) mass is 823 g/mol. The molecule has 2 N–H and O–H groups in total. The standard InChI is InChI=1S/C46H80NO9P/c1-6-8-10-11-12-13-14-15-16-17-18-19-20-21-24-28-37-53-39-43(40-55-57(51,52)54-38-36-47(3,4)5)56-46(50)31-27-23-22-26-29-41-32-35-45(49)44(41)34-33-42(48)30-25-9-7-2/h13-14,22,26,28,32-35,37,41-44,48H,6-12,15-21,23-25,27,29-31,36,38-40H2,1-5H3/p+1/b14-13-,26-22-,34-33+,37-28+/t41-,42-,43+,44+/m0/s1. The van der Waals surface area contributed by atoms with Crippen LogP contribution < -0.4 is 0 Å². The summed E-state index contributed by atoms with van der Waals surface area (Å²) in [5, 5.41) is 10.2. The van der Waals surface area contributed by atoms with E-state index < -0.39 is 26.0 Å². The Balaban J connectivity index is 2.45. The summed E-state index contributed by atoms with van der Waals surface area (Å²) in [5.41, 5.74) is 0. The molecule has 57 heavy (non-hydrogen) atoms. The van der Waals surface area contributed by atoms with Crippen LogP contribution in [0, 0.1) is 11.8 Å². The zero-order valence-electron chi connectivity index (χ0n) is 36.4. The van der Waals surface area contributed by atoms with E-state index in [-0.39, 0.29) is 43.9 Å². The number of phosphoric acid groups is 1. The van der Waals surface area contributed by atoms with Gasteiger partial charge in [0.15, 0.2) is 11.9 Å². The summed E-state index contributed by atoms with van der Waals surface area (Å²) in [6, 6.07) is 0. The summed E-state index contributed by atoms with van der Waals surface area (Å²) in [5.74, 6) is -0.610. The van der Waals surface area contributed by atoms with Gasteiger partial charge in [-0.3, -0.25) is 18.6 Å². The summed E-state index contributed by atoms with van der Waals surface area (Å²) >= 11 is 0. The topological polar surface area (TPSA) is 129 Å². The Labute approximate surface area is 347 Å². The average Bonchev–Trinajstić information content (AvgIpc) is 3.51. The third-order valence-corrected chi connectivity index (χ3v) is 10.8. The lowest BCUT2D eigenvalue weighted by molar-refractivity contribution is -0.870. The molecule has 0 aliphatic heterocycles. The van der Waals surface area contributed by atoms with E-state index in [0.29, 0.717) is 36.7 Å². The SMILES string of the molecule is CCCCCC/C=C\CCCCCCCC/C=C/OC[C@H](COP(=O)(O)OCC[N+](C)(C)C)OC(=O)CCC/C=C\C[C@H]1C=CC(=O)[C@@H]1/C=C/[C@@H](O)CCCCC. The Morgan fingerprint density at radius 3 is 2.07 bits per heavy atom. The molecule has 1 unspecified atom stereocenters. The molecular weight excluding hydrogens is 741 g/mol. The van der Waals surface area contributed by atoms with Crippen molar-refractivity contribution in [1.82, 2.24) is 0 Å². The number of carbonyl (C=O) groups is 2. The summed E-state index contributed by atoms with van der Waals surface area (Å²) in [6.45, 7) is 4.57. The van der Waals surface area contributed by atoms with Crippen LogP contribution in [0.3, 0.4) is 0 Å². The van der Waals surface area contributed by atoms with E-state index in [1.54, 1.807) is 18.4 Å². The van der Waals surface area contributed by atoms with E-state index in [1.807, 2.05) is 51.5 Å². The molecule has 0 heterocycles. The Bertz CT molecular complexity index is 1240. The number of aliphatic hydroxyl groups is 1. The van der Waals surface area contributed by atoms with Crippen molar-refractivity contribution in [2.75, 3.05) is 47.5 Å². The van der Waals surface area contributed by atoms with Crippen LogP contribution >= 0.6 is 7.82 Å². The molecule has 0 aromatic heterocycles. The van der Waals surface area contributed by atoms with Crippen molar-refractivity contribution in [3.8, 4) is 0 Å². The van der Waals surface area contributed by atoms with Gasteiger partial charge in [-0.25, -0.2) is 4.57 Å². The van der Waals surface area contributed by atoms with Gasteiger partial charge in [0.05, 0.1) is 40.1 Å². The molecule has 0 spiro atoms. The molecule has 0 radical (unpaired) electrons. The number of rotatable bonds is 37. The van der Waals surface area contributed by atoms with Crippen molar-refractivity contribution in [2.45, 2.75) is 161 Å². The third-order valence-electron chi connectivity index (χ3n) is 9.86. The molecule has 10 nitrogen and oxygen atoms in total. The molecule has 1 rings (SSSR count). The van der Waals surface area contributed by atoms with Gasteiger partial charge in [0.2, 0.25) is 0 Å².